The van der Waals surface area contributed by atoms with Crippen LogP contribution < -0.4 is 11.1 Å². The van der Waals surface area contributed by atoms with Crippen molar-refractivity contribution >= 4 is 11.8 Å². The molecule has 2 atom stereocenters. The van der Waals surface area contributed by atoms with Gasteiger partial charge in [0.05, 0.1) is 18.8 Å². The lowest BCUT2D eigenvalue weighted by Gasteiger charge is -2.34. The van der Waals surface area contributed by atoms with Crippen molar-refractivity contribution in [2.45, 2.75) is 39.3 Å². The largest absolute Gasteiger partial charge is 0.373 e. The van der Waals surface area contributed by atoms with Crippen molar-refractivity contribution in [1.29, 1.82) is 0 Å². The van der Waals surface area contributed by atoms with Crippen LogP contribution in [0.3, 0.4) is 0 Å². The molecule has 2 amide bonds. The highest BCUT2D eigenvalue weighted by Gasteiger charge is 2.27. The molecule has 0 aromatic carbocycles. The topological polar surface area (TPSA) is 84.7 Å². The van der Waals surface area contributed by atoms with Gasteiger partial charge in [-0.1, -0.05) is 13.8 Å². The van der Waals surface area contributed by atoms with Crippen LogP contribution in [-0.2, 0) is 14.3 Å². The molecule has 0 aromatic heterocycles. The molecule has 19 heavy (non-hydrogen) atoms. The molecule has 1 unspecified atom stereocenters. The van der Waals surface area contributed by atoms with Crippen LogP contribution >= 0.6 is 0 Å². The molecule has 0 spiro atoms. The van der Waals surface area contributed by atoms with Gasteiger partial charge in [0.25, 0.3) is 0 Å². The number of nitrogens with zero attached hydrogens (tertiary/aromatic N) is 1. The van der Waals surface area contributed by atoms with Crippen molar-refractivity contribution in [3.8, 4) is 0 Å². The van der Waals surface area contributed by atoms with Gasteiger partial charge in [-0.3, -0.25) is 9.59 Å². The van der Waals surface area contributed by atoms with Crippen molar-refractivity contribution in [3.63, 3.8) is 0 Å². The molecule has 0 radical (unpaired) electrons. The third kappa shape index (κ3) is 5.57. The average Bonchev–Trinajstić information content (AvgIpc) is 2.35. The van der Waals surface area contributed by atoms with E-state index >= 15 is 0 Å². The summed E-state index contributed by atoms with van der Waals surface area (Å²) in [6.07, 6.45) is 0.542. The van der Waals surface area contributed by atoms with Gasteiger partial charge in [-0.15, -0.1) is 0 Å². The molecule has 6 nitrogen and oxygen atoms in total. The van der Waals surface area contributed by atoms with Crippen molar-refractivity contribution < 1.29 is 14.3 Å². The van der Waals surface area contributed by atoms with E-state index in [-0.39, 0.29) is 17.9 Å². The first kappa shape index (κ1) is 15.9. The number of carbonyl (C=O) groups excluding carboxylic acids is 2. The van der Waals surface area contributed by atoms with Gasteiger partial charge in [0, 0.05) is 26.6 Å². The van der Waals surface area contributed by atoms with Crippen molar-refractivity contribution in [1.82, 2.24) is 10.2 Å². The molecule has 1 heterocycles. The number of amides is 2. The summed E-state index contributed by atoms with van der Waals surface area (Å²) in [7, 11) is 0. The van der Waals surface area contributed by atoms with E-state index < -0.39 is 6.04 Å². The fourth-order valence-corrected chi connectivity index (χ4v) is 2.14. The second-order valence-electron chi connectivity index (χ2n) is 5.45. The summed E-state index contributed by atoms with van der Waals surface area (Å²) in [5, 5.41) is 2.70. The minimum Gasteiger partial charge on any atom is -0.373 e. The SMILES string of the molecule is CC(=O)NCC1CN(C(=O)[C@@H](N)CC(C)C)CCO1. The Kier molecular flexibility index (Phi) is 6.24. The number of nitrogens with two attached hydrogens (primary N) is 1. The maximum absolute atomic E-state index is 12.2. The van der Waals surface area contributed by atoms with Crippen LogP contribution in [0.2, 0.25) is 0 Å². The quantitative estimate of drug-likeness (QED) is 0.720. The Balaban J connectivity index is 2.44. The normalized spacial score (nSPS) is 21.3. The summed E-state index contributed by atoms with van der Waals surface area (Å²) >= 11 is 0. The van der Waals surface area contributed by atoms with E-state index in [1.54, 1.807) is 4.90 Å². The first-order chi connectivity index (χ1) is 8.90. The molecule has 1 aliphatic heterocycles. The standard InChI is InChI=1S/C13H25N3O3/c1-9(2)6-12(14)13(18)16-4-5-19-11(8-16)7-15-10(3)17/h9,11-12H,4-8,14H2,1-3H3,(H,15,17)/t11?,12-/m0/s1. The lowest BCUT2D eigenvalue weighted by atomic mass is 10.0. The van der Waals surface area contributed by atoms with E-state index in [9.17, 15) is 9.59 Å². The van der Waals surface area contributed by atoms with Crippen LogP contribution in [-0.4, -0.2) is 55.1 Å². The fourth-order valence-electron chi connectivity index (χ4n) is 2.14. The molecule has 1 saturated heterocycles. The minimum atomic E-state index is -0.445. The summed E-state index contributed by atoms with van der Waals surface area (Å²) in [4.78, 5) is 24.8. The summed E-state index contributed by atoms with van der Waals surface area (Å²) < 4.78 is 5.52. The van der Waals surface area contributed by atoms with E-state index in [2.05, 4.69) is 5.32 Å². The predicted molar refractivity (Wildman–Crippen MR) is 72.4 cm³/mol. The number of ether oxygens (including phenoxy) is 1. The zero-order chi connectivity index (χ0) is 14.4. The maximum Gasteiger partial charge on any atom is 0.239 e. The van der Waals surface area contributed by atoms with Crippen molar-refractivity contribution in [2.24, 2.45) is 11.7 Å². The number of hydrogen-bond donors (Lipinski definition) is 2. The Labute approximate surface area is 114 Å². The van der Waals surface area contributed by atoms with Gasteiger partial charge in [0.2, 0.25) is 11.8 Å². The molecule has 0 aliphatic carbocycles. The molecule has 1 rings (SSSR count). The molecule has 110 valence electrons. The number of morpholine rings is 1. The van der Waals surface area contributed by atoms with E-state index in [0.29, 0.717) is 38.6 Å². The number of hydrogen-bond acceptors (Lipinski definition) is 4. The fraction of sp³-hybridized carbons (Fsp3) is 0.846. The number of nitrogens with one attached hydrogen (secondary N) is 1. The van der Waals surface area contributed by atoms with E-state index in [1.807, 2.05) is 13.8 Å². The summed E-state index contributed by atoms with van der Waals surface area (Å²) in [5.41, 5.74) is 5.91. The minimum absolute atomic E-state index is 0.0233. The van der Waals surface area contributed by atoms with Gasteiger partial charge in [0.15, 0.2) is 0 Å². The van der Waals surface area contributed by atoms with Crippen LogP contribution in [0.4, 0.5) is 0 Å². The van der Waals surface area contributed by atoms with Crippen LogP contribution in [0.5, 0.6) is 0 Å². The van der Waals surface area contributed by atoms with Gasteiger partial charge >= 0.3 is 0 Å². The summed E-state index contributed by atoms with van der Waals surface area (Å²) in [6, 6.07) is -0.445. The first-order valence-corrected chi connectivity index (χ1v) is 6.80. The van der Waals surface area contributed by atoms with Gasteiger partial charge in [-0.2, -0.15) is 0 Å². The van der Waals surface area contributed by atoms with Crippen LogP contribution in [0.1, 0.15) is 27.2 Å². The third-order valence-corrected chi connectivity index (χ3v) is 3.07. The molecular formula is C13H25N3O3. The first-order valence-electron chi connectivity index (χ1n) is 6.80. The molecule has 0 aromatic rings. The smallest absolute Gasteiger partial charge is 0.239 e. The lowest BCUT2D eigenvalue weighted by molar-refractivity contribution is -0.140. The Morgan fingerprint density at radius 2 is 2.16 bits per heavy atom. The van der Waals surface area contributed by atoms with E-state index in [1.165, 1.54) is 6.92 Å². The van der Waals surface area contributed by atoms with E-state index in [4.69, 9.17) is 10.5 Å². The lowest BCUT2D eigenvalue weighted by Crippen LogP contribution is -2.53. The molecule has 0 bridgehead atoms. The monoisotopic (exact) mass is 271 g/mol. The molecule has 6 heteroatoms. The van der Waals surface area contributed by atoms with Crippen LogP contribution in [0.25, 0.3) is 0 Å². The Bertz CT molecular complexity index is 320. The van der Waals surface area contributed by atoms with Crippen molar-refractivity contribution in [3.05, 3.63) is 0 Å². The highest BCUT2D eigenvalue weighted by atomic mass is 16.5. The average molecular weight is 271 g/mol. The summed E-state index contributed by atoms with van der Waals surface area (Å²) in [5.74, 6) is 0.281. The van der Waals surface area contributed by atoms with Crippen LogP contribution in [0, 0.1) is 5.92 Å². The predicted octanol–water partition coefficient (Wildman–Crippen LogP) is -0.277. The molecule has 0 saturated carbocycles. The Hall–Kier alpha value is -1.14. The second kappa shape index (κ2) is 7.45. The second-order valence-corrected chi connectivity index (χ2v) is 5.45. The molecule has 1 aliphatic rings. The zero-order valence-electron chi connectivity index (χ0n) is 12.0. The maximum atomic E-state index is 12.2. The number of rotatable bonds is 5. The van der Waals surface area contributed by atoms with Gasteiger partial charge in [-0.05, 0) is 12.3 Å². The molecule has 3 N–H and O–H groups in total. The van der Waals surface area contributed by atoms with E-state index in [0.717, 1.165) is 0 Å². The third-order valence-electron chi connectivity index (χ3n) is 3.07. The highest BCUT2D eigenvalue weighted by molar-refractivity contribution is 5.81. The molecular weight excluding hydrogens is 246 g/mol. The summed E-state index contributed by atoms with van der Waals surface area (Å²) in [6.45, 7) is 7.54. The van der Waals surface area contributed by atoms with Crippen molar-refractivity contribution in [2.75, 3.05) is 26.2 Å². The van der Waals surface area contributed by atoms with Gasteiger partial charge in [-0.25, -0.2) is 0 Å². The van der Waals surface area contributed by atoms with Gasteiger partial charge < -0.3 is 20.7 Å². The zero-order valence-corrected chi connectivity index (χ0v) is 12.0. The van der Waals surface area contributed by atoms with Crippen LogP contribution in [0.15, 0.2) is 0 Å². The number of carbonyl (C=O) groups is 2. The molecule has 1 fully saturated rings. The van der Waals surface area contributed by atoms with Gasteiger partial charge in [0.1, 0.15) is 0 Å². The highest BCUT2D eigenvalue weighted by Crippen LogP contribution is 2.10. The Morgan fingerprint density at radius 3 is 2.74 bits per heavy atom. The Morgan fingerprint density at radius 1 is 1.47 bits per heavy atom.